The molecule has 0 aromatic heterocycles. The van der Waals surface area contributed by atoms with E-state index in [0.29, 0.717) is 33.0 Å². The number of hydrogen-bond donors (Lipinski definition) is 7. The highest BCUT2D eigenvalue weighted by Crippen LogP contribution is 2.05. The maximum absolute atomic E-state index is 11.6. The van der Waals surface area contributed by atoms with E-state index in [1.54, 1.807) is 55.4 Å². The van der Waals surface area contributed by atoms with Gasteiger partial charge < -0.3 is 75.1 Å². The van der Waals surface area contributed by atoms with Gasteiger partial charge in [-0.1, -0.05) is 138 Å². The minimum atomic E-state index is -1.24. The normalized spacial score (nSPS) is 11.4. The van der Waals surface area contributed by atoms with Gasteiger partial charge in [-0.15, -0.1) is 0 Å². The summed E-state index contributed by atoms with van der Waals surface area (Å²) in [6.07, 6.45) is 0.758. The van der Waals surface area contributed by atoms with Crippen LogP contribution in [0.2, 0.25) is 0 Å². The number of amides is 4. The van der Waals surface area contributed by atoms with Crippen LogP contribution in [-0.4, -0.2) is 135 Å². The lowest BCUT2D eigenvalue weighted by atomic mass is 10.2. The van der Waals surface area contributed by atoms with Crippen LogP contribution in [0.5, 0.6) is 0 Å². The molecule has 0 aliphatic heterocycles. The number of halogens is 1. The molecule has 0 radical (unpaired) electrons. The van der Waals surface area contributed by atoms with Gasteiger partial charge in [-0.2, -0.15) is 0 Å². The van der Waals surface area contributed by atoms with Gasteiger partial charge in [-0.05, 0) is 64.2 Å². The molecule has 25 nitrogen and oxygen atoms in total. The molecule has 0 heterocycles. The van der Waals surface area contributed by atoms with Crippen molar-refractivity contribution in [3.8, 4) is 0 Å². The van der Waals surface area contributed by atoms with Crippen LogP contribution >= 0.6 is 11.6 Å². The first-order chi connectivity index (χ1) is 39.9. The Morgan fingerprint density at radius 2 is 0.821 bits per heavy atom. The number of alkyl carbamates (subject to hydrolysis) is 1. The van der Waals surface area contributed by atoms with Gasteiger partial charge in [0.1, 0.15) is 31.9 Å². The van der Waals surface area contributed by atoms with Crippen LogP contribution in [0.3, 0.4) is 0 Å². The summed E-state index contributed by atoms with van der Waals surface area (Å²) in [6, 6.07) is 26.1. The molecule has 472 valence electrons. The van der Waals surface area contributed by atoms with Gasteiger partial charge in [0.25, 0.3) is 0 Å². The molecule has 0 bridgehead atoms. The zero-order valence-electron chi connectivity index (χ0n) is 49.9. The largest absolute Gasteiger partial charge is 0.506 e. The number of hydrogen-bond acceptors (Lipinski definition) is 19. The van der Waals surface area contributed by atoms with Crippen molar-refractivity contribution < 1.29 is 96.1 Å². The molecule has 0 saturated carbocycles. The fraction of sp³-hybridized carbons (Fsp3) is 0.517. The average molecular weight is 1210 g/mol. The van der Waals surface area contributed by atoms with E-state index < -0.39 is 59.7 Å². The Bertz CT molecular complexity index is 2230. The SMILES string of the molecule is CCCCOC(=O)C(C)N.CCCCOC(=O)C(C)NC(=O)NCC(C)C(=O)OCC.CCOC(=O)C(C)CNC(=O)O.CCOC(=O)C(C)CNC(=O)OCc1ccccc1.O=C(Cl)OCc1ccccc1.O=C(O)OCc1ccccc1. The molecule has 5 atom stereocenters. The lowest BCUT2D eigenvalue weighted by molar-refractivity contribution is -0.148. The number of carbonyl (C=O) groups is 10. The summed E-state index contributed by atoms with van der Waals surface area (Å²) in [6.45, 7) is 20.1. The van der Waals surface area contributed by atoms with Crippen LogP contribution in [0.15, 0.2) is 91.0 Å². The Balaban J connectivity index is -0.000000960. The maximum atomic E-state index is 11.6. The zero-order valence-corrected chi connectivity index (χ0v) is 50.6. The Morgan fingerprint density at radius 3 is 1.17 bits per heavy atom. The molecular formula is C58H88ClN5O20. The van der Waals surface area contributed by atoms with Crippen LogP contribution < -0.4 is 27.0 Å². The van der Waals surface area contributed by atoms with Crippen LogP contribution in [0.25, 0.3) is 0 Å². The monoisotopic (exact) mass is 1210 g/mol. The topological polar surface area (TPSA) is 359 Å². The van der Waals surface area contributed by atoms with Crippen molar-refractivity contribution in [1.29, 1.82) is 0 Å². The first-order valence-corrected chi connectivity index (χ1v) is 27.6. The summed E-state index contributed by atoms with van der Waals surface area (Å²) in [5.74, 6) is -3.12. The summed E-state index contributed by atoms with van der Waals surface area (Å²) in [7, 11) is 0. The van der Waals surface area contributed by atoms with Crippen molar-refractivity contribution in [2.75, 3.05) is 52.7 Å². The predicted molar refractivity (Wildman–Crippen MR) is 311 cm³/mol. The van der Waals surface area contributed by atoms with Gasteiger partial charge in [0.05, 0.1) is 50.8 Å². The van der Waals surface area contributed by atoms with Crippen molar-refractivity contribution in [3.05, 3.63) is 108 Å². The highest BCUT2D eigenvalue weighted by atomic mass is 35.5. The number of unbranched alkanes of at least 4 members (excludes halogenated alkanes) is 2. The fourth-order valence-electron chi connectivity index (χ4n) is 5.23. The maximum Gasteiger partial charge on any atom is 0.506 e. The Labute approximate surface area is 497 Å². The number of rotatable bonds is 27. The lowest BCUT2D eigenvalue weighted by Gasteiger charge is -2.15. The average Bonchev–Trinajstić information content (AvgIpc) is 3.47. The quantitative estimate of drug-likeness (QED) is 0.0162. The summed E-state index contributed by atoms with van der Waals surface area (Å²) in [5.41, 5.74) is 7.18. The van der Waals surface area contributed by atoms with Crippen molar-refractivity contribution in [3.63, 3.8) is 0 Å². The van der Waals surface area contributed by atoms with Crippen LogP contribution in [0.1, 0.15) is 112 Å². The summed E-state index contributed by atoms with van der Waals surface area (Å²) < 4.78 is 38.0. The molecular weight excluding hydrogens is 1120 g/mol. The molecule has 4 amide bonds. The molecule has 3 aromatic rings. The number of nitrogens with one attached hydrogen (secondary N) is 4. The van der Waals surface area contributed by atoms with Crippen molar-refractivity contribution in [2.45, 2.75) is 127 Å². The predicted octanol–water partition coefficient (Wildman–Crippen LogP) is 8.90. The smallest absolute Gasteiger partial charge is 0.466 e. The Hall–Kier alpha value is -8.19. The standard InChI is InChI=1S/C14H26N2O5.C14H19NO4.C8H7ClO2.C8H8O3.C7H13NO4.C7H15NO2/c1-5-7-8-21-13(18)11(4)16-14(19)15-9-10(3)12(17)20-6-2;1-3-18-13(16)11(2)9-15-14(17)19-10-12-7-5-4-6-8-12;2*9-8(10)11-6-7-4-2-1-3-5-7;1-3-12-6(9)5(2)4-8-7(10)11;1-3-4-5-10-7(9)6(2)8/h10-11H,5-9H2,1-4H3,(H2,15,16,19);4-8,11H,3,9-10H2,1-2H3,(H,15,17);1-5H,6H2;1-5H,6H2,(H,9,10);5,8H,3-4H2,1-2H3,(H,10,11);6H,3-5,8H2,1-2H3. The van der Waals surface area contributed by atoms with Crippen molar-refractivity contribution >= 4 is 71.2 Å². The van der Waals surface area contributed by atoms with E-state index in [4.69, 9.17) is 51.2 Å². The highest BCUT2D eigenvalue weighted by molar-refractivity contribution is 6.61. The van der Waals surface area contributed by atoms with E-state index in [2.05, 4.69) is 35.5 Å². The third kappa shape index (κ3) is 49.6. The third-order valence-corrected chi connectivity index (χ3v) is 10.0. The van der Waals surface area contributed by atoms with E-state index in [9.17, 15) is 47.9 Å². The van der Waals surface area contributed by atoms with E-state index in [1.807, 2.05) is 105 Å². The molecule has 3 aromatic carbocycles. The van der Waals surface area contributed by atoms with E-state index in [-0.39, 0.29) is 69.3 Å². The molecule has 0 fully saturated rings. The summed E-state index contributed by atoms with van der Waals surface area (Å²) in [5, 5.41) is 26.0. The molecule has 0 aliphatic carbocycles. The van der Waals surface area contributed by atoms with Gasteiger partial charge in [-0.25, -0.2) is 28.8 Å². The number of benzene rings is 3. The van der Waals surface area contributed by atoms with Gasteiger partial charge in [0.15, 0.2) is 0 Å². The van der Waals surface area contributed by atoms with Crippen LogP contribution in [0.4, 0.5) is 24.0 Å². The summed E-state index contributed by atoms with van der Waals surface area (Å²) in [4.78, 5) is 109. The van der Waals surface area contributed by atoms with Crippen LogP contribution in [-0.2, 0) is 81.7 Å². The van der Waals surface area contributed by atoms with Gasteiger partial charge in [0.2, 0.25) is 0 Å². The molecule has 3 rings (SSSR count). The number of esters is 5. The van der Waals surface area contributed by atoms with Gasteiger partial charge in [-0.3, -0.25) is 19.2 Å². The van der Waals surface area contributed by atoms with Gasteiger partial charge in [0, 0.05) is 31.2 Å². The molecule has 5 unspecified atom stereocenters. The first kappa shape index (κ1) is 80.0. The molecule has 8 N–H and O–H groups in total. The number of nitrogens with two attached hydrogens (primary N) is 1. The van der Waals surface area contributed by atoms with Crippen LogP contribution in [0, 0.1) is 17.8 Å². The lowest BCUT2D eigenvalue weighted by Crippen LogP contribution is -2.46. The number of carboxylic acid groups (broad SMARTS) is 2. The highest BCUT2D eigenvalue weighted by Gasteiger charge is 2.20. The Morgan fingerprint density at radius 1 is 0.464 bits per heavy atom. The van der Waals surface area contributed by atoms with Crippen molar-refractivity contribution in [2.24, 2.45) is 23.5 Å². The Kier molecular flexibility index (Phi) is 50.4. The molecule has 0 spiro atoms. The van der Waals surface area contributed by atoms with Crippen molar-refractivity contribution in [1.82, 2.24) is 21.3 Å². The van der Waals surface area contributed by atoms with E-state index in [1.165, 1.54) is 0 Å². The second-order valence-electron chi connectivity index (χ2n) is 17.5. The first-order valence-electron chi connectivity index (χ1n) is 27.2. The second kappa shape index (κ2) is 52.9. The number of ether oxygens (including phenoxy) is 8. The number of carbonyl (C=O) groups excluding carboxylic acids is 8. The number of urea groups is 1. The molecule has 84 heavy (non-hydrogen) atoms. The third-order valence-electron chi connectivity index (χ3n) is 9.92. The minimum absolute atomic E-state index is 0.0914. The van der Waals surface area contributed by atoms with E-state index in [0.717, 1.165) is 42.4 Å². The minimum Gasteiger partial charge on any atom is -0.466 e. The van der Waals surface area contributed by atoms with Gasteiger partial charge >= 0.3 is 59.6 Å². The zero-order chi connectivity index (χ0) is 64.1. The fourth-order valence-corrected chi connectivity index (χ4v) is 5.29. The molecule has 0 saturated heterocycles. The molecule has 0 aliphatic rings. The van der Waals surface area contributed by atoms with E-state index >= 15 is 0 Å². The second-order valence-corrected chi connectivity index (χ2v) is 17.9. The summed E-state index contributed by atoms with van der Waals surface area (Å²) >= 11 is 4.97. The molecule has 26 heteroatoms.